The van der Waals surface area contributed by atoms with Crippen molar-refractivity contribution in [3.63, 3.8) is 0 Å². The fraction of sp³-hybridized carbons (Fsp3) is 0.304. The number of fused-ring (bicyclic) bond motifs is 5. The molecule has 164 valence electrons. The third kappa shape index (κ3) is 2.67. The normalized spacial score (nSPS) is 18.7. The van der Waals surface area contributed by atoms with Crippen LogP contribution in [-0.2, 0) is 34.7 Å². The van der Waals surface area contributed by atoms with Gasteiger partial charge in [-0.1, -0.05) is 13.8 Å². The van der Waals surface area contributed by atoms with Gasteiger partial charge in [0.2, 0.25) is 0 Å². The first kappa shape index (κ1) is 20.2. The average molecular weight is 436 g/mol. The quantitative estimate of drug-likeness (QED) is 0.371. The van der Waals surface area contributed by atoms with Gasteiger partial charge in [0.25, 0.3) is 5.56 Å². The number of pyridine rings is 2. The van der Waals surface area contributed by atoms with Crippen LogP contribution >= 0.6 is 0 Å². The Morgan fingerprint density at radius 1 is 1.25 bits per heavy atom. The van der Waals surface area contributed by atoms with Crippen molar-refractivity contribution in [3.8, 4) is 17.1 Å². The molecule has 2 aromatic heterocycles. The molecule has 2 N–H and O–H groups in total. The highest BCUT2D eigenvalue weighted by Gasteiger charge is 2.45. The third-order valence-corrected chi connectivity index (χ3v) is 6.34. The molecule has 0 fully saturated rings. The topological polar surface area (TPSA) is 128 Å². The van der Waals surface area contributed by atoms with Gasteiger partial charge in [0.1, 0.15) is 12.4 Å². The maximum absolute atomic E-state index is 13.3. The lowest BCUT2D eigenvalue weighted by Gasteiger charge is -2.31. The van der Waals surface area contributed by atoms with E-state index in [0.29, 0.717) is 23.3 Å². The first-order valence-electron chi connectivity index (χ1n) is 10.3. The number of rotatable bonds is 3. The summed E-state index contributed by atoms with van der Waals surface area (Å²) in [6.45, 7) is 3.73. The van der Waals surface area contributed by atoms with Crippen LogP contribution in [0.1, 0.15) is 42.5 Å². The van der Waals surface area contributed by atoms with E-state index in [4.69, 9.17) is 19.6 Å². The van der Waals surface area contributed by atoms with E-state index in [-0.39, 0.29) is 42.0 Å². The Morgan fingerprint density at radius 2 is 2.03 bits per heavy atom. The van der Waals surface area contributed by atoms with Crippen LogP contribution in [0.2, 0.25) is 0 Å². The highest BCUT2D eigenvalue weighted by atomic mass is 16.7. The molecule has 0 amide bonds. The second kappa shape index (κ2) is 6.89. The molecule has 2 aliphatic heterocycles. The minimum Gasteiger partial charge on any atom is -0.458 e. The Hall–Kier alpha value is -3.72. The van der Waals surface area contributed by atoms with Gasteiger partial charge >= 0.3 is 12.1 Å². The van der Waals surface area contributed by atoms with Gasteiger partial charge in [-0.05, 0) is 42.7 Å². The number of aryl methyl sites for hydroxylation is 1. The first-order valence-corrected chi connectivity index (χ1v) is 10.3. The number of cyclic esters (lactones) is 1. The van der Waals surface area contributed by atoms with E-state index in [1.54, 1.807) is 29.7 Å². The largest absolute Gasteiger partial charge is 0.511 e. The standard InChI is InChI=1S/C23H20N2O7/c1-3-12-13-7-11(32-22(28)29)5-6-17(13)24-19-14(12)9-25-18(19)8-16-15(20(25)26)10-31-21(27)23(16,30)4-2/h5-8,30H,3-4,9-10H2,1-2H3,(H,28,29)/t23-/m0/s1. The zero-order chi connectivity index (χ0) is 22.8. The van der Waals surface area contributed by atoms with Gasteiger partial charge in [-0.25, -0.2) is 14.6 Å². The maximum Gasteiger partial charge on any atom is 0.511 e. The first-order chi connectivity index (χ1) is 15.3. The van der Waals surface area contributed by atoms with Gasteiger partial charge in [0.05, 0.1) is 29.0 Å². The van der Waals surface area contributed by atoms with E-state index < -0.39 is 17.7 Å². The van der Waals surface area contributed by atoms with Crippen molar-refractivity contribution in [2.24, 2.45) is 0 Å². The number of ether oxygens (including phenoxy) is 2. The molecule has 9 nitrogen and oxygen atoms in total. The van der Waals surface area contributed by atoms with Gasteiger partial charge in [0.15, 0.2) is 5.60 Å². The van der Waals surface area contributed by atoms with E-state index in [9.17, 15) is 19.5 Å². The molecule has 4 heterocycles. The van der Waals surface area contributed by atoms with Crippen LogP contribution in [0.5, 0.6) is 5.75 Å². The molecule has 32 heavy (non-hydrogen) atoms. The molecular formula is C23H20N2O7. The predicted molar refractivity (Wildman–Crippen MR) is 113 cm³/mol. The summed E-state index contributed by atoms with van der Waals surface area (Å²) >= 11 is 0. The van der Waals surface area contributed by atoms with Crippen molar-refractivity contribution >= 4 is 23.0 Å². The lowest BCUT2D eigenvalue weighted by atomic mass is 9.86. The summed E-state index contributed by atoms with van der Waals surface area (Å²) in [6.07, 6.45) is -0.700. The second-order valence-corrected chi connectivity index (χ2v) is 7.92. The Bertz CT molecular complexity index is 1390. The molecule has 0 saturated carbocycles. The van der Waals surface area contributed by atoms with E-state index in [0.717, 1.165) is 16.5 Å². The monoisotopic (exact) mass is 436 g/mol. The Labute approximate surface area is 181 Å². The molecule has 5 rings (SSSR count). The number of aromatic nitrogens is 2. The molecule has 0 radical (unpaired) electrons. The molecule has 0 unspecified atom stereocenters. The number of carbonyl (C=O) groups excluding carboxylic acids is 1. The number of hydrogen-bond acceptors (Lipinski definition) is 7. The number of benzene rings is 1. The number of nitrogens with zero attached hydrogens (tertiary/aromatic N) is 2. The maximum atomic E-state index is 13.3. The van der Waals surface area contributed by atoms with Gasteiger partial charge in [-0.3, -0.25) is 4.79 Å². The van der Waals surface area contributed by atoms with Crippen LogP contribution in [0, 0.1) is 0 Å². The Balaban J connectivity index is 1.76. The minimum atomic E-state index is -1.88. The number of aliphatic hydroxyl groups is 1. The van der Waals surface area contributed by atoms with E-state index >= 15 is 0 Å². The summed E-state index contributed by atoms with van der Waals surface area (Å²) in [6, 6.07) is 6.50. The predicted octanol–water partition coefficient (Wildman–Crippen LogP) is 2.70. The van der Waals surface area contributed by atoms with Crippen molar-refractivity contribution in [2.75, 3.05) is 0 Å². The minimum absolute atomic E-state index is 0.0757. The van der Waals surface area contributed by atoms with E-state index in [1.807, 2.05) is 6.92 Å². The summed E-state index contributed by atoms with van der Waals surface area (Å²) in [5.41, 5.74) is 1.89. The van der Waals surface area contributed by atoms with Crippen LogP contribution in [0.15, 0.2) is 29.1 Å². The summed E-state index contributed by atoms with van der Waals surface area (Å²) in [7, 11) is 0. The molecule has 0 saturated heterocycles. The summed E-state index contributed by atoms with van der Waals surface area (Å²) < 4.78 is 11.5. The van der Waals surface area contributed by atoms with Gasteiger partial charge < -0.3 is 24.3 Å². The zero-order valence-electron chi connectivity index (χ0n) is 17.5. The molecule has 1 atom stereocenters. The molecule has 0 aliphatic carbocycles. The third-order valence-electron chi connectivity index (χ3n) is 6.34. The van der Waals surface area contributed by atoms with Crippen molar-refractivity contribution in [1.29, 1.82) is 0 Å². The highest BCUT2D eigenvalue weighted by molar-refractivity contribution is 5.90. The molecule has 0 bridgehead atoms. The van der Waals surface area contributed by atoms with Crippen molar-refractivity contribution < 1.29 is 29.3 Å². The number of hydrogen-bond donors (Lipinski definition) is 2. The molecule has 9 heteroatoms. The van der Waals surface area contributed by atoms with E-state index in [2.05, 4.69) is 0 Å². The van der Waals surface area contributed by atoms with Crippen molar-refractivity contribution in [3.05, 3.63) is 56.9 Å². The fourth-order valence-corrected chi connectivity index (χ4v) is 4.71. The SMILES string of the molecule is CCc1c2c(nc3ccc(OC(=O)O)cc13)-c1cc3c(c(=O)n1C2)COC(=O)[C@]3(O)CC. The summed E-state index contributed by atoms with van der Waals surface area (Å²) in [5.74, 6) is -0.574. The van der Waals surface area contributed by atoms with Crippen LogP contribution in [0.3, 0.4) is 0 Å². The van der Waals surface area contributed by atoms with E-state index in [1.165, 1.54) is 6.07 Å². The smallest absolute Gasteiger partial charge is 0.458 e. The molecule has 0 spiro atoms. The lowest BCUT2D eigenvalue weighted by Crippen LogP contribution is -2.44. The second-order valence-electron chi connectivity index (χ2n) is 7.92. The van der Waals surface area contributed by atoms with Gasteiger partial charge in [-0.15, -0.1) is 0 Å². The highest BCUT2D eigenvalue weighted by Crippen LogP contribution is 2.40. The molecule has 2 aliphatic rings. The fourth-order valence-electron chi connectivity index (χ4n) is 4.71. The van der Waals surface area contributed by atoms with Crippen molar-refractivity contribution in [2.45, 2.75) is 45.4 Å². The Kier molecular flexibility index (Phi) is 4.35. The Morgan fingerprint density at radius 3 is 2.72 bits per heavy atom. The molecule has 1 aromatic carbocycles. The van der Waals surface area contributed by atoms with Gasteiger partial charge in [-0.2, -0.15) is 0 Å². The summed E-state index contributed by atoms with van der Waals surface area (Å²) in [5, 5.41) is 20.6. The number of carbonyl (C=O) groups is 2. The molecule has 3 aromatic rings. The lowest BCUT2D eigenvalue weighted by molar-refractivity contribution is -0.172. The average Bonchev–Trinajstić information content (AvgIpc) is 3.13. The number of carboxylic acid groups (broad SMARTS) is 1. The van der Waals surface area contributed by atoms with Crippen LogP contribution < -0.4 is 10.3 Å². The van der Waals surface area contributed by atoms with Gasteiger partial charge in [0, 0.05) is 16.5 Å². The van der Waals surface area contributed by atoms with Crippen LogP contribution in [-0.4, -0.2) is 31.9 Å². The van der Waals surface area contributed by atoms with Crippen LogP contribution in [0.25, 0.3) is 22.3 Å². The van der Waals surface area contributed by atoms with Crippen molar-refractivity contribution in [1.82, 2.24) is 9.55 Å². The van der Waals surface area contributed by atoms with Crippen LogP contribution in [0.4, 0.5) is 4.79 Å². The number of esters is 1. The summed E-state index contributed by atoms with van der Waals surface area (Å²) in [4.78, 5) is 41.3. The molecular weight excluding hydrogens is 416 g/mol. The zero-order valence-corrected chi connectivity index (χ0v) is 17.5.